The minimum absolute atomic E-state index is 0. The average Bonchev–Trinajstić information content (AvgIpc) is 3.28. The molecule has 0 atom stereocenters. The number of fused-ring (bicyclic) bond motifs is 2. The van der Waals surface area contributed by atoms with Gasteiger partial charge in [-0.25, -0.2) is 4.99 Å². The highest BCUT2D eigenvalue weighted by molar-refractivity contribution is 6.58. The first kappa shape index (κ1) is 20.4. The molecular formula is C23H25ClN4O2. The van der Waals surface area contributed by atoms with E-state index in [0.29, 0.717) is 23.6 Å². The molecule has 156 valence electrons. The van der Waals surface area contributed by atoms with Crippen LogP contribution in [0.1, 0.15) is 30.4 Å². The first-order valence-corrected chi connectivity index (χ1v) is 10.2. The van der Waals surface area contributed by atoms with Crippen LogP contribution in [0.25, 0.3) is 10.9 Å². The molecule has 2 N–H and O–H groups in total. The van der Waals surface area contributed by atoms with E-state index in [4.69, 9.17) is 9.83 Å². The minimum Gasteiger partial charge on any atom is -0.494 e. The van der Waals surface area contributed by atoms with Crippen molar-refractivity contribution < 1.29 is 9.94 Å². The van der Waals surface area contributed by atoms with E-state index in [1.807, 2.05) is 48.5 Å². The van der Waals surface area contributed by atoms with Crippen LogP contribution < -0.4 is 0 Å². The van der Waals surface area contributed by atoms with Gasteiger partial charge in [0.05, 0.1) is 11.3 Å². The van der Waals surface area contributed by atoms with Crippen molar-refractivity contribution in [3.63, 3.8) is 0 Å². The number of H-pyrrole nitrogens is 1. The highest BCUT2D eigenvalue weighted by Gasteiger charge is 2.29. The summed E-state index contributed by atoms with van der Waals surface area (Å²) in [5.74, 6) is 0.0961. The van der Waals surface area contributed by atoms with Crippen molar-refractivity contribution in [2.45, 2.75) is 19.3 Å². The summed E-state index contributed by atoms with van der Waals surface area (Å²) in [5, 5.41) is 16.0. The van der Waals surface area contributed by atoms with Crippen LogP contribution in [0, 0.1) is 0 Å². The molecule has 3 aromatic rings. The Morgan fingerprint density at radius 2 is 1.80 bits per heavy atom. The summed E-state index contributed by atoms with van der Waals surface area (Å²) in [6, 6.07) is 15.7. The number of oxime groups is 1. The van der Waals surface area contributed by atoms with E-state index >= 15 is 0 Å². The number of rotatable bonds is 5. The van der Waals surface area contributed by atoms with Crippen LogP contribution in [0.3, 0.4) is 0 Å². The summed E-state index contributed by atoms with van der Waals surface area (Å²) >= 11 is 0. The van der Waals surface area contributed by atoms with Crippen molar-refractivity contribution in [2.24, 2.45) is 10.1 Å². The Hall–Kier alpha value is -2.83. The van der Waals surface area contributed by atoms with Crippen LogP contribution in [0.15, 0.2) is 58.7 Å². The molecule has 2 aliphatic heterocycles. The summed E-state index contributed by atoms with van der Waals surface area (Å²) in [6.45, 7) is 3.69. The molecule has 1 fully saturated rings. The highest BCUT2D eigenvalue weighted by Crippen LogP contribution is 2.35. The maximum atomic E-state index is 10.6. The molecule has 7 heteroatoms. The van der Waals surface area contributed by atoms with Gasteiger partial charge in [0.15, 0.2) is 5.88 Å². The second-order valence-electron chi connectivity index (χ2n) is 7.55. The van der Waals surface area contributed by atoms with Gasteiger partial charge in [0, 0.05) is 23.0 Å². The zero-order valence-electron chi connectivity index (χ0n) is 16.7. The largest absolute Gasteiger partial charge is 0.494 e. The van der Waals surface area contributed by atoms with Crippen molar-refractivity contribution >= 4 is 40.4 Å². The number of para-hydroxylation sites is 2. The Bertz CT molecular complexity index is 1100. The van der Waals surface area contributed by atoms with Crippen LogP contribution in [-0.2, 0) is 4.84 Å². The van der Waals surface area contributed by atoms with E-state index in [1.165, 1.54) is 19.3 Å². The standard InChI is InChI=1S/C23H24N4O2.ClH/c28-23-20(16-8-2-4-10-18(16)25-23)22-21(17-9-3-5-11-19(17)24-22)26-29-15-14-27-12-6-1-7-13-27;/h2-5,8-11,25,28H,1,6-7,12-15H2;1H/b26-21+;. The molecule has 0 saturated carbocycles. The number of aromatic amines is 1. The van der Waals surface area contributed by atoms with E-state index < -0.39 is 0 Å². The summed E-state index contributed by atoms with van der Waals surface area (Å²) in [7, 11) is 0. The third-order valence-electron chi connectivity index (χ3n) is 5.64. The number of aromatic hydroxyl groups is 1. The van der Waals surface area contributed by atoms with E-state index in [-0.39, 0.29) is 18.3 Å². The minimum atomic E-state index is 0. The lowest BCUT2D eigenvalue weighted by Crippen LogP contribution is -2.32. The number of hydrogen-bond donors (Lipinski definition) is 2. The van der Waals surface area contributed by atoms with Gasteiger partial charge in [-0.2, -0.15) is 0 Å². The Labute approximate surface area is 181 Å². The third kappa shape index (κ3) is 3.80. The van der Waals surface area contributed by atoms with E-state index in [9.17, 15) is 5.11 Å². The maximum Gasteiger partial charge on any atom is 0.199 e. The molecule has 0 radical (unpaired) electrons. The molecule has 0 aliphatic carbocycles. The third-order valence-corrected chi connectivity index (χ3v) is 5.64. The smallest absolute Gasteiger partial charge is 0.199 e. The van der Waals surface area contributed by atoms with Crippen LogP contribution in [0.2, 0.25) is 0 Å². The summed E-state index contributed by atoms with van der Waals surface area (Å²) < 4.78 is 0. The second-order valence-corrected chi connectivity index (χ2v) is 7.55. The van der Waals surface area contributed by atoms with Crippen molar-refractivity contribution in [2.75, 3.05) is 26.2 Å². The highest BCUT2D eigenvalue weighted by atomic mass is 35.5. The van der Waals surface area contributed by atoms with Crippen LogP contribution in [0.5, 0.6) is 5.88 Å². The number of halogens is 1. The van der Waals surface area contributed by atoms with Crippen LogP contribution in [-0.4, -0.2) is 52.7 Å². The zero-order chi connectivity index (χ0) is 19.6. The molecule has 2 aromatic carbocycles. The molecule has 0 amide bonds. The zero-order valence-corrected chi connectivity index (χ0v) is 17.5. The molecule has 0 spiro atoms. The number of aliphatic imine (C=N–C) groups is 1. The molecule has 6 nitrogen and oxygen atoms in total. The Morgan fingerprint density at radius 3 is 2.67 bits per heavy atom. The molecule has 3 heterocycles. The first-order valence-electron chi connectivity index (χ1n) is 10.2. The monoisotopic (exact) mass is 424 g/mol. The van der Waals surface area contributed by atoms with Crippen molar-refractivity contribution in [3.8, 4) is 5.88 Å². The Kier molecular flexibility index (Phi) is 6.06. The van der Waals surface area contributed by atoms with E-state index in [1.54, 1.807) is 0 Å². The van der Waals surface area contributed by atoms with Crippen molar-refractivity contribution in [3.05, 3.63) is 59.7 Å². The number of likely N-dealkylation sites (tertiary alicyclic amines) is 1. The molecular weight excluding hydrogens is 400 g/mol. The van der Waals surface area contributed by atoms with Gasteiger partial charge in [-0.15, -0.1) is 12.4 Å². The average molecular weight is 425 g/mol. The van der Waals surface area contributed by atoms with Crippen LogP contribution in [0.4, 0.5) is 5.69 Å². The molecule has 1 aromatic heterocycles. The molecule has 1 saturated heterocycles. The molecule has 0 unspecified atom stereocenters. The van der Waals surface area contributed by atoms with Gasteiger partial charge in [-0.3, -0.25) is 4.90 Å². The number of hydrogen-bond acceptors (Lipinski definition) is 5. The molecule has 2 aliphatic rings. The normalized spacial score (nSPS) is 17.6. The molecule has 5 rings (SSSR count). The second kappa shape index (κ2) is 8.90. The van der Waals surface area contributed by atoms with E-state index in [0.717, 1.165) is 41.8 Å². The number of nitrogens with zero attached hydrogens (tertiary/aromatic N) is 3. The SMILES string of the molecule is Cl.Oc1[nH]c2ccccc2c1C1=Nc2ccccc2/C1=N\OCCN1CCCCC1. The molecule has 30 heavy (non-hydrogen) atoms. The van der Waals surface area contributed by atoms with Crippen molar-refractivity contribution in [1.29, 1.82) is 0 Å². The van der Waals surface area contributed by atoms with Gasteiger partial charge in [-0.1, -0.05) is 48.0 Å². The van der Waals surface area contributed by atoms with Crippen LogP contribution >= 0.6 is 12.4 Å². The van der Waals surface area contributed by atoms with Gasteiger partial charge in [0.2, 0.25) is 0 Å². The quantitative estimate of drug-likeness (QED) is 0.463. The van der Waals surface area contributed by atoms with Gasteiger partial charge in [-0.05, 0) is 38.1 Å². The lowest BCUT2D eigenvalue weighted by Gasteiger charge is -2.25. The first-order chi connectivity index (χ1) is 14.3. The Morgan fingerprint density at radius 1 is 1.03 bits per heavy atom. The van der Waals surface area contributed by atoms with Gasteiger partial charge >= 0.3 is 0 Å². The fourth-order valence-electron chi connectivity index (χ4n) is 4.17. The fourth-order valence-corrected chi connectivity index (χ4v) is 4.17. The summed E-state index contributed by atoms with van der Waals surface area (Å²) in [4.78, 5) is 16.0. The lowest BCUT2D eigenvalue weighted by atomic mass is 10.0. The number of aromatic nitrogens is 1. The summed E-state index contributed by atoms with van der Waals surface area (Å²) in [5.41, 5.74) is 4.59. The fraction of sp³-hybridized carbons (Fsp3) is 0.304. The molecule has 0 bridgehead atoms. The van der Waals surface area contributed by atoms with Gasteiger partial charge in [0.1, 0.15) is 18.0 Å². The number of benzene rings is 2. The van der Waals surface area contributed by atoms with Gasteiger partial charge in [0.25, 0.3) is 0 Å². The maximum absolute atomic E-state index is 10.6. The summed E-state index contributed by atoms with van der Waals surface area (Å²) in [6.07, 6.45) is 3.85. The predicted molar refractivity (Wildman–Crippen MR) is 123 cm³/mol. The van der Waals surface area contributed by atoms with Gasteiger partial charge < -0.3 is 14.9 Å². The van der Waals surface area contributed by atoms with E-state index in [2.05, 4.69) is 15.0 Å². The Balaban J connectivity index is 0.00000218. The number of nitrogens with one attached hydrogen (secondary N) is 1. The van der Waals surface area contributed by atoms with Crippen molar-refractivity contribution in [1.82, 2.24) is 9.88 Å². The predicted octanol–water partition coefficient (Wildman–Crippen LogP) is 4.64. The topological polar surface area (TPSA) is 73.2 Å². The lowest BCUT2D eigenvalue weighted by molar-refractivity contribution is 0.103. The number of piperidine rings is 1.